The summed E-state index contributed by atoms with van der Waals surface area (Å²) < 4.78 is 45.2. The standard InChI is InChI=1S/C20H34BrNO9/c1-20(2)30-17-15(22-4-6-28-19(22)23)13-29-16(18(17)31-20)14-27-12-11-26-10-9-25-8-7-24-5-3-21/h15-18H,3-14H2,1-2H3/t15-,16-,17-,18+/m1/s1. The number of carbonyl (C=O) groups excluding carboxylic acids is 1. The summed E-state index contributed by atoms with van der Waals surface area (Å²) in [6.07, 6.45) is -1.20. The molecule has 3 rings (SSSR count). The Labute approximate surface area is 191 Å². The average Bonchev–Trinajstić information content (AvgIpc) is 3.30. The van der Waals surface area contributed by atoms with Crippen molar-refractivity contribution < 1.29 is 42.7 Å². The second-order valence-electron chi connectivity index (χ2n) is 7.91. The molecular weight excluding hydrogens is 478 g/mol. The maximum atomic E-state index is 12.0. The number of ether oxygens (including phenoxy) is 8. The number of hydrogen-bond acceptors (Lipinski definition) is 9. The van der Waals surface area contributed by atoms with Gasteiger partial charge in [0.2, 0.25) is 0 Å². The molecule has 0 saturated carbocycles. The van der Waals surface area contributed by atoms with E-state index in [0.717, 1.165) is 5.33 Å². The lowest BCUT2D eigenvalue weighted by molar-refractivity contribution is -0.161. The normalized spacial score (nSPS) is 29.9. The first-order chi connectivity index (χ1) is 15.0. The van der Waals surface area contributed by atoms with Gasteiger partial charge in [0.1, 0.15) is 24.9 Å². The quantitative estimate of drug-likeness (QED) is 0.251. The highest BCUT2D eigenvalue weighted by atomic mass is 79.9. The van der Waals surface area contributed by atoms with E-state index in [1.54, 1.807) is 4.90 Å². The molecule has 10 nitrogen and oxygen atoms in total. The molecule has 0 radical (unpaired) electrons. The van der Waals surface area contributed by atoms with Gasteiger partial charge in [0.05, 0.1) is 72.0 Å². The zero-order chi connectivity index (χ0) is 22.1. The topological polar surface area (TPSA) is 94.2 Å². The van der Waals surface area contributed by atoms with Crippen molar-refractivity contribution in [3.8, 4) is 0 Å². The molecule has 0 spiro atoms. The Morgan fingerprint density at radius 1 is 0.968 bits per heavy atom. The monoisotopic (exact) mass is 511 g/mol. The molecule has 0 unspecified atom stereocenters. The van der Waals surface area contributed by atoms with Crippen molar-refractivity contribution in [2.24, 2.45) is 0 Å². The van der Waals surface area contributed by atoms with Gasteiger partial charge in [-0.1, -0.05) is 15.9 Å². The minimum absolute atomic E-state index is 0.230. The molecule has 3 aliphatic rings. The van der Waals surface area contributed by atoms with Gasteiger partial charge in [-0.3, -0.25) is 4.90 Å². The number of carbonyl (C=O) groups is 1. The van der Waals surface area contributed by atoms with Crippen molar-refractivity contribution in [1.82, 2.24) is 4.90 Å². The fourth-order valence-corrected chi connectivity index (χ4v) is 4.07. The van der Waals surface area contributed by atoms with E-state index in [1.165, 1.54) is 0 Å². The van der Waals surface area contributed by atoms with Crippen LogP contribution in [0.2, 0.25) is 0 Å². The van der Waals surface area contributed by atoms with Gasteiger partial charge in [-0.15, -0.1) is 0 Å². The molecule has 0 bridgehead atoms. The predicted octanol–water partition coefficient (Wildman–Crippen LogP) is 1.19. The fraction of sp³-hybridized carbons (Fsp3) is 0.950. The van der Waals surface area contributed by atoms with E-state index in [-0.39, 0.29) is 30.4 Å². The Balaban J connectivity index is 1.31. The van der Waals surface area contributed by atoms with Crippen molar-refractivity contribution >= 4 is 22.0 Å². The van der Waals surface area contributed by atoms with Crippen LogP contribution in [0.1, 0.15) is 13.8 Å². The Kier molecular flexibility index (Phi) is 10.2. The summed E-state index contributed by atoms with van der Waals surface area (Å²) in [5, 5.41) is 0.827. The highest BCUT2D eigenvalue weighted by Crippen LogP contribution is 2.37. The van der Waals surface area contributed by atoms with Gasteiger partial charge in [-0.2, -0.15) is 0 Å². The summed E-state index contributed by atoms with van der Waals surface area (Å²) in [7, 11) is 0. The number of halogens is 1. The third-order valence-corrected chi connectivity index (χ3v) is 5.53. The maximum absolute atomic E-state index is 12.0. The van der Waals surface area contributed by atoms with E-state index in [4.69, 9.17) is 37.9 Å². The van der Waals surface area contributed by atoms with Crippen LogP contribution in [0.15, 0.2) is 0 Å². The zero-order valence-corrected chi connectivity index (χ0v) is 19.9. The van der Waals surface area contributed by atoms with Gasteiger partial charge in [-0.05, 0) is 13.8 Å². The molecule has 3 aliphatic heterocycles. The summed E-state index contributed by atoms with van der Waals surface area (Å²) in [6.45, 7) is 9.14. The molecule has 0 N–H and O–H groups in total. The summed E-state index contributed by atoms with van der Waals surface area (Å²) in [6, 6.07) is -0.230. The Bertz CT molecular complexity index is 553. The number of alkyl halides is 1. The van der Waals surface area contributed by atoms with Crippen LogP contribution in [0.25, 0.3) is 0 Å². The van der Waals surface area contributed by atoms with Crippen molar-refractivity contribution in [3.05, 3.63) is 0 Å². The average molecular weight is 512 g/mol. The summed E-state index contributed by atoms with van der Waals surface area (Å²) in [5.41, 5.74) is 0. The first kappa shape index (κ1) is 25.1. The summed E-state index contributed by atoms with van der Waals surface area (Å²) in [5.74, 6) is -0.745. The number of rotatable bonds is 14. The van der Waals surface area contributed by atoms with E-state index in [9.17, 15) is 4.79 Å². The SMILES string of the molecule is CC1(C)O[C@@H]2[C@H](O1)[C@H](N1CCOC1=O)CO[C@@H]2COCCOCCOCCOCCBr. The Hall–Kier alpha value is -0.530. The van der Waals surface area contributed by atoms with Gasteiger partial charge in [0.15, 0.2) is 5.79 Å². The Morgan fingerprint density at radius 2 is 1.58 bits per heavy atom. The molecule has 180 valence electrons. The molecule has 0 aromatic carbocycles. The molecular formula is C20H34BrNO9. The second kappa shape index (κ2) is 12.6. The first-order valence-corrected chi connectivity index (χ1v) is 11.9. The minimum atomic E-state index is -0.745. The van der Waals surface area contributed by atoms with Crippen molar-refractivity contribution in [3.63, 3.8) is 0 Å². The van der Waals surface area contributed by atoms with E-state index in [1.807, 2.05) is 13.8 Å². The maximum Gasteiger partial charge on any atom is 0.410 e. The zero-order valence-electron chi connectivity index (χ0n) is 18.3. The molecule has 3 saturated heterocycles. The van der Waals surface area contributed by atoms with Gasteiger partial charge in [-0.25, -0.2) is 4.79 Å². The second-order valence-corrected chi connectivity index (χ2v) is 8.71. The van der Waals surface area contributed by atoms with Crippen LogP contribution >= 0.6 is 15.9 Å². The molecule has 31 heavy (non-hydrogen) atoms. The number of cyclic esters (lactones) is 1. The summed E-state index contributed by atoms with van der Waals surface area (Å²) >= 11 is 3.30. The molecule has 3 heterocycles. The fourth-order valence-electron chi connectivity index (χ4n) is 3.84. The lowest BCUT2D eigenvalue weighted by atomic mass is 9.97. The third kappa shape index (κ3) is 7.50. The predicted molar refractivity (Wildman–Crippen MR) is 112 cm³/mol. The molecule has 1 amide bonds. The van der Waals surface area contributed by atoms with E-state index < -0.39 is 5.79 Å². The van der Waals surface area contributed by atoms with E-state index in [2.05, 4.69) is 15.9 Å². The van der Waals surface area contributed by atoms with Crippen molar-refractivity contribution in [2.45, 2.75) is 44.0 Å². The molecule has 4 atom stereocenters. The van der Waals surface area contributed by atoms with Crippen LogP contribution in [-0.2, 0) is 37.9 Å². The lowest BCUT2D eigenvalue weighted by Gasteiger charge is -2.39. The first-order valence-electron chi connectivity index (χ1n) is 10.8. The van der Waals surface area contributed by atoms with E-state index in [0.29, 0.717) is 72.6 Å². The number of amides is 1. The molecule has 0 aromatic heterocycles. The third-order valence-electron chi connectivity index (χ3n) is 5.20. The highest BCUT2D eigenvalue weighted by molar-refractivity contribution is 9.09. The number of hydrogen-bond donors (Lipinski definition) is 0. The smallest absolute Gasteiger partial charge is 0.410 e. The largest absolute Gasteiger partial charge is 0.448 e. The molecule has 0 aliphatic carbocycles. The van der Waals surface area contributed by atoms with Gasteiger partial charge >= 0.3 is 6.09 Å². The van der Waals surface area contributed by atoms with Gasteiger partial charge < -0.3 is 37.9 Å². The van der Waals surface area contributed by atoms with Gasteiger partial charge in [0.25, 0.3) is 0 Å². The van der Waals surface area contributed by atoms with Crippen molar-refractivity contribution in [1.29, 1.82) is 0 Å². The lowest BCUT2D eigenvalue weighted by Crippen LogP contribution is -2.59. The van der Waals surface area contributed by atoms with Crippen LogP contribution < -0.4 is 0 Å². The molecule has 3 fully saturated rings. The number of fused-ring (bicyclic) bond motifs is 1. The Morgan fingerprint density at radius 3 is 2.19 bits per heavy atom. The van der Waals surface area contributed by atoms with Gasteiger partial charge in [0, 0.05) is 5.33 Å². The van der Waals surface area contributed by atoms with Crippen molar-refractivity contribution in [2.75, 3.05) is 77.9 Å². The minimum Gasteiger partial charge on any atom is -0.448 e. The molecule has 0 aromatic rings. The van der Waals surface area contributed by atoms with E-state index >= 15 is 0 Å². The highest BCUT2D eigenvalue weighted by Gasteiger charge is 2.54. The molecule has 11 heteroatoms. The summed E-state index contributed by atoms with van der Waals surface area (Å²) in [4.78, 5) is 13.7. The van der Waals surface area contributed by atoms with Crippen LogP contribution in [0.5, 0.6) is 0 Å². The van der Waals surface area contributed by atoms with Crippen LogP contribution in [0.3, 0.4) is 0 Å². The number of nitrogens with zero attached hydrogens (tertiary/aromatic N) is 1. The van der Waals surface area contributed by atoms with Crippen LogP contribution in [-0.4, -0.2) is 119 Å². The van der Waals surface area contributed by atoms with Crippen LogP contribution in [0, 0.1) is 0 Å². The van der Waals surface area contributed by atoms with Crippen LogP contribution in [0.4, 0.5) is 4.79 Å².